The van der Waals surface area contributed by atoms with Crippen molar-refractivity contribution in [2.45, 2.75) is 44.8 Å². The van der Waals surface area contributed by atoms with E-state index in [0.29, 0.717) is 17.0 Å². The van der Waals surface area contributed by atoms with Crippen molar-refractivity contribution < 1.29 is 0 Å². The Morgan fingerprint density at radius 1 is 1.50 bits per heavy atom. The molecule has 4 heteroatoms. The zero-order valence-corrected chi connectivity index (χ0v) is 14.1. The van der Waals surface area contributed by atoms with Gasteiger partial charge in [0.2, 0.25) is 0 Å². The summed E-state index contributed by atoms with van der Waals surface area (Å²) in [6, 6.07) is 4.21. The number of hydrogen-bond acceptors (Lipinski definition) is 2. The Hall–Kier alpha value is -1.03. The Labute approximate surface area is 124 Å². The second-order valence-corrected chi connectivity index (χ2v) is 10.6. The minimum atomic E-state index is -1.15. The summed E-state index contributed by atoms with van der Waals surface area (Å²) in [7, 11) is -1.15. The minimum Gasteiger partial charge on any atom is -0.380 e. The highest BCUT2D eigenvalue weighted by molar-refractivity contribution is 8.50. The van der Waals surface area contributed by atoms with Crippen molar-refractivity contribution in [3.8, 4) is 0 Å². The van der Waals surface area contributed by atoms with Gasteiger partial charge in [0.1, 0.15) is 5.17 Å². The van der Waals surface area contributed by atoms with Crippen molar-refractivity contribution in [1.29, 1.82) is 5.41 Å². The van der Waals surface area contributed by atoms with E-state index >= 15 is 0 Å². The van der Waals surface area contributed by atoms with Crippen molar-refractivity contribution >= 4 is 15.2 Å². The Bertz CT molecular complexity index is 528. The largest absolute Gasteiger partial charge is 0.380 e. The van der Waals surface area contributed by atoms with Gasteiger partial charge < -0.3 is 5.73 Å². The van der Waals surface area contributed by atoms with Crippen molar-refractivity contribution in [2.75, 3.05) is 12.0 Å². The highest BCUT2D eigenvalue weighted by Gasteiger charge is 2.61. The molecule has 0 bridgehead atoms. The molecule has 3 N–H and O–H groups in total. The number of amidine groups is 1. The average Bonchev–Trinajstić information content (AvgIpc) is 2.94. The number of nitrogens with zero attached hydrogens (tertiary/aromatic N) is 1. The van der Waals surface area contributed by atoms with E-state index < -0.39 is 10.0 Å². The summed E-state index contributed by atoms with van der Waals surface area (Å²) in [4.78, 5) is 4.67. The predicted octanol–water partition coefficient (Wildman–Crippen LogP) is 3.79. The third kappa shape index (κ3) is 2.34. The molecule has 0 spiro atoms. The van der Waals surface area contributed by atoms with Crippen molar-refractivity contribution in [1.82, 2.24) is 4.98 Å². The Balaban J connectivity index is 2.38. The molecule has 3 unspecified atom stereocenters. The first kappa shape index (κ1) is 15.4. The number of hydrogen-bond donors (Lipinski definition) is 2. The SMILES string of the molecule is CC(C)CC(C)c1ncccc1C1(C)CS1(C)C(=N)N. The van der Waals surface area contributed by atoms with E-state index in [0.717, 1.165) is 12.2 Å². The maximum absolute atomic E-state index is 7.90. The topological polar surface area (TPSA) is 62.8 Å². The standard InChI is InChI=1S/C16H27N3S/c1-11(2)9-12(3)14-13(7-6-8-19-14)16(4)10-20(16,5)15(17)18/h6-8,11-12H,9-10H2,1-5H3,(H3,17,18). The van der Waals surface area contributed by atoms with Gasteiger partial charge in [-0.2, -0.15) is 10.0 Å². The Morgan fingerprint density at radius 3 is 2.65 bits per heavy atom. The Morgan fingerprint density at radius 2 is 2.15 bits per heavy atom. The van der Waals surface area contributed by atoms with Gasteiger partial charge in [0.15, 0.2) is 0 Å². The molecule has 20 heavy (non-hydrogen) atoms. The third-order valence-corrected chi connectivity index (χ3v) is 8.78. The quantitative estimate of drug-likeness (QED) is 0.504. The molecule has 1 aliphatic rings. The van der Waals surface area contributed by atoms with Gasteiger partial charge in [0, 0.05) is 22.4 Å². The molecule has 0 saturated carbocycles. The van der Waals surface area contributed by atoms with E-state index in [9.17, 15) is 0 Å². The normalized spacial score (nSPS) is 33.5. The van der Waals surface area contributed by atoms with Crippen LogP contribution < -0.4 is 5.73 Å². The monoisotopic (exact) mass is 293 g/mol. The highest BCUT2D eigenvalue weighted by Crippen LogP contribution is 2.78. The summed E-state index contributed by atoms with van der Waals surface area (Å²) in [5, 5.41) is 8.28. The summed E-state index contributed by atoms with van der Waals surface area (Å²) >= 11 is 0. The van der Waals surface area contributed by atoms with Crippen LogP contribution in [0.5, 0.6) is 0 Å². The fourth-order valence-electron chi connectivity index (χ4n) is 3.24. The van der Waals surface area contributed by atoms with Crippen LogP contribution in [0.4, 0.5) is 0 Å². The van der Waals surface area contributed by atoms with Gasteiger partial charge in [-0.05, 0) is 43.1 Å². The van der Waals surface area contributed by atoms with Crippen LogP contribution in [-0.2, 0) is 4.75 Å². The van der Waals surface area contributed by atoms with Gasteiger partial charge >= 0.3 is 0 Å². The summed E-state index contributed by atoms with van der Waals surface area (Å²) in [5.74, 6) is 2.15. The Kier molecular flexibility index (Phi) is 3.89. The van der Waals surface area contributed by atoms with E-state index in [1.807, 2.05) is 12.3 Å². The highest BCUT2D eigenvalue weighted by atomic mass is 32.3. The van der Waals surface area contributed by atoms with Gasteiger partial charge in [-0.15, -0.1) is 0 Å². The van der Waals surface area contributed by atoms with Crippen LogP contribution >= 0.6 is 10.0 Å². The smallest absolute Gasteiger partial charge is 0.134 e. The molecule has 2 rings (SSSR count). The molecular weight excluding hydrogens is 266 g/mol. The zero-order chi connectivity index (χ0) is 15.1. The molecule has 3 nitrogen and oxygen atoms in total. The zero-order valence-electron chi connectivity index (χ0n) is 13.2. The van der Waals surface area contributed by atoms with Gasteiger partial charge in [-0.3, -0.25) is 10.4 Å². The van der Waals surface area contributed by atoms with Gasteiger partial charge in [-0.25, -0.2) is 0 Å². The molecule has 1 fully saturated rings. The van der Waals surface area contributed by atoms with E-state index in [4.69, 9.17) is 11.1 Å². The number of pyridine rings is 1. The van der Waals surface area contributed by atoms with Crippen LogP contribution in [0.1, 0.15) is 51.3 Å². The van der Waals surface area contributed by atoms with Gasteiger partial charge in [0.25, 0.3) is 0 Å². The summed E-state index contributed by atoms with van der Waals surface area (Å²) < 4.78 is 0.0493. The molecular formula is C16H27N3S. The molecule has 1 aromatic rings. The second kappa shape index (κ2) is 5.06. The lowest BCUT2D eigenvalue weighted by atomic mass is 9.89. The lowest BCUT2D eigenvalue weighted by Crippen LogP contribution is -2.18. The van der Waals surface area contributed by atoms with Crippen molar-refractivity contribution in [3.05, 3.63) is 29.6 Å². The molecule has 2 heterocycles. The lowest BCUT2D eigenvalue weighted by molar-refractivity contribution is 0.511. The maximum atomic E-state index is 7.90. The average molecular weight is 293 g/mol. The first-order valence-corrected chi connectivity index (χ1v) is 9.48. The first-order chi connectivity index (χ1) is 9.22. The van der Waals surface area contributed by atoms with E-state index in [-0.39, 0.29) is 4.75 Å². The molecule has 3 atom stereocenters. The fraction of sp³-hybridized carbons (Fsp3) is 0.625. The number of aromatic nitrogens is 1. The van der Waals surface area contributed by atoms with E-state index in [2.05, 4.69) is 45.0 Å². The van der Waals surface area contributed by atoms with Crippen molar-refractivity contribution in [2.24, 2.45) is 11.7 Å². The van der Waals surface area contributed by atoms with Crippen LogP contribution in [0, 0.1) is 11.3 Å². The molecule has 112 valence electrons. The first-order valence-electron chi connectivity index (χ1n) is 7.27. The minimum absolute atomic E-state index is 0.0493. The number of rotatable bonds is 4. The third-order valence-electron chi connectivity index (χ3n) is 4.66. The van der Waals surface area contributed by atoms with E-state index in [1.54, 1.807) is 0 Å². The van der Waals surface area contributed by atoms with Crippen LogP contribution in [0.15, 0.2) is 18.3 Å². The van der Waals surface area contributed by atoms with Crippen LogP contribution in [0.2, 0.25) is 0 Å². The summed E-state index contributed by atoms with van der Waals surface area (Å²) in [5.41, 5.74) is 8.38. The molecule has 0 aliphatic carbocycles. The summed E-state index contributed by atoms with van der Waals surface area (Å²) in [6.45, 7) is 9.02. The lowest BCUT2D eigenvalue weighted by Gasteiger charge is -2.26. The van der Waals surface area contributed by atoms with Crippen LogP contribution in [0.3, 0.4) is 0 Å². The predicted molar refractivity (Wildman–Crippen MR) is 89.8 cm³/mol. The van der Waals surface area contributed by atoms with Gasteiger partial charge in [-0.1, -0.05) is 26.8 Å². The van der Waals surface area contributed by atoms with Crippen LogP contribution in [-0.4, -0.2) is 22.2 Å². The number of nitrogens with two attached hydrogens (primary N) is 1. The maximum Gasteiger partial charge on any atom is 0.134 e. The molecule has 0 aromatic carbocycles. The summed E-state index contributed by atoms with van der Waals surface area (Å²) in [6.07, 6.45) is 5.22. The fourth-order valence-corrected chi connectivity index (χ4v) is 6.27. The molecule has 1 aromatic heterocycles. The second-order valence-electron chi connectivity index (χ2n) is 6.79. The molecule has 0 radical (unpaired) electrons. The van der Waals surface area contributed by atoms with Gasteiger partial charge in [0.05, 0.1) is 0 Å². The molecule has 0 amide bonds. The number of nitrogens with one attached hydrogen (secondary N) is 1. The molecule has 1 saturated heterocycles. The van der Waals surface area contributed by atoms with Crippen LogP contribution in [0.25, 0.3) is 0 Å². The van der Waals surface area contributed by atoms with Crippen molar-refractivity contribution in [3.63, 3.8) is 0 Å². The molecule has 1 aliphatic heterocycles. The van der Waals surface area contributed by atoms with E-state index in [1.165, 1.54) is 11.3 Å².